The summed E-state index contributed by atoms with van der Waals surface area (Å²) in [6.07, 6.45) is 2.61. The van der Waals surface area contributed by atoms with E-state index >= 15 is 0 Å². The van der Waals surface area contributed by atoms with Gasteiger partial charge in [-0.25, -0.2) is 4.39 Å². The van der Waals surface area contributed by atoms with Crippen molar-refractivity contribution in [2.24, 2.45) is 0 Å². The van der Waals surface area contributed by atoms with Crippen LogP contribution in [0, 0.1) is 12.7 Å². The Hall–Kier alpha value is -1.09. The molecule has 0 aromatic heterocycles. The van der Waals surface area contributed by atoms with E-state index in [1.807, 2.05) is 13.8 Å². The summed E-state index contributed by atoms with van der Waals surface area (Å²) in [5.41, 5.74) is 0.972. The standard InChI is InChI=1S/C13H18FNO/c1-9-3-4-11(14)7-13(9)16-10(2)8-15-12-5-6-12/h3-4,7,10,12,15H,5-6,8H2,1-2H3. The highest BCUT2D eigenvalue weighted by Crippen LogP contribution is 2.21. The number of hydrogen-bond acceptors (Lipinski definition) is 2. The van der Waals surface area contributed by atoms with Crippen LogP contribution in [0.25, 0.3) is 0 Å². The third kappa shape index (κ3) is 3.20. The second kappa shape index (κ2) is 4.83. The second-order valence-electron chi connectivity index (χ2n) is 4.52. The van der Waals surface area contributed by atoms with Crippen LogP contribution in [0.1, 0.15) is 25.3 Å². The van der Waals surface area contributed by atoms with Crippen LogP contribution in [0.2, 0.25) is 0 Å². The average Bonchev–Trinajstić information content (AvgIpc) is 3.04. The smallest absolute Gasteiger partial charge is 0.126 e. The molecule has 2 rings (SSSR count). The molecule has 1 N–H and O–H groups in total. The third-order valence-electron chi connectivity index (χ3n) is 2.75. The molecule has 1 unspecified atom stereocenters. The molecule has 1 aromatic rings. The molecule has 0 radical (unpaired) electrons. The molecular weight excluding hydrogens is 205 g/mol. The summed E-state index contributed by atoms with van der Waals surface area (Å²) in [4.78, 5) is 0. The van der Waals surface area contributed by atoms with Crippen LogP contribution in [-0.4, -0.2) is 18.7 Å². The lowest BCUT2D eigenvalue weighted by atomic mass is 10.2. The number of benzene rings is 1. The van der Waals surface area contributed by atoms with Gasteiger partial charge in [0.15, 0.2) is 0 Å². The Kier molecular flexibility index (Phi) is 3.44. The van der Waals surface area contributed by atoms with E-state index in [4.69, 9.17) is 4.74 Å². The summed E-state index contributed by atoms with van der Waals surface area (Å²) in [7, 11) is 0. The third-order valence-corrected chi connectivity index (χ3v) is 2.75. The predicted octanol–water partition coefficient (Wildman–Crippen LogP) is 2.65. The lowest BCUT2D eigenvalue weighted by molar-refractivity contribution is 0.214. The normalized spacial score (nSPS) is 17.2. The quantitative estimate of drug-likeness (QED) is 0.828. The van der Waals surface area contributed by atoms with Gasteiger partial charge in [-0.1, -0.05) is 6.07 Å². The van der Waals surface area contributed by atoms with Gasteiger partial charge in [-0.3, -0.25) is 0 Å². The summed E-state index contributed by atoms with van der Waals surface area (Å²) in [5, 5.41) is 3.39. The lowest BCUT2D eigenvalue weighted by Gasteiger charge is -2.16. The Labute approximate surface area is 95.8 Å². The van der Waals surface area contributed by atoms with Gasteiger partial charge in [0.1, 0.15) is 17.7 Å². The molecule has 1 saturated carbocycles. The van der Waals surface area contributed by atoms with Gasteiger partial charge < -0.3 is 10.1 Å². The zero-order valence-corrected chi connectivity index (χ0v) is 9.79. The highest BCUT2D eigenvalue weighted by molar-refractivity contribution is 5.32. The van der Waals surface area contributed by atoms with Gasteiger partial charge in [-0.15, -0.1) is 0 Å². The molecule has 0 spiro atoms. The van der Waals surface area contributed by atoms with E-state index in [1.54, 1.807) is 6.07 Å². The zero-order valence-electron chi connectivity index (χ0n) is 9.79. The fraction of sp³-hybridized carbons (Fsp3) is 0.538. The largest absolute Gasteiger partial charge is 0.489 e. The summed E-state index contributed by atoms with van der Waals surface area (Å²) in [5.74, 6) is 0.396. The highest BCUT2D eigenvalue weighted by Gasteiger charge is 2.21. The fourth-order valence-electron chi connectivity index (χ4n) is 1.58. The lowest BCUT2D eigenvalue weighted by Crippen LogP contribution is -2.30. The van der Waals surface area contributed by atoms with Gasteiger partial charge in [0.25, 0.3) is 0 Å². The second-order valence-corrected chi connectivity index (χ2v) is 4.52. The fourth-order valence-corrected chi connectivity index (χ4v) is 1.58. The Morgan fingerprint density at radius 3 is 2.94 bits per heavy atom. The maximum atomic E-state index is 13.0. The first-order chi connectivity index (χ1) is 7.65. The number of rotatable bonds is 5. The topological polar surface area (TPSA) is 21.3 Å². The molecule has 1 aliphatic rings. The van der Waals surface area contributed by atoms with Gasteiger partial charge in [0, 0.05) is 18.7 Å². The van der Waals surface area contributed by atoms with Crippen LogP contribution in [-0.2, 0) is 0 Å². The molecular formula is C13H18FNO. The van der Waals surface area contributed by atoms with E-state index in [1.165, 1.54) is 25.0 Å². The van der Waals surface area contributed by atoms with Crippen molar-refractivity contribution < 1.29 is 9.13 Å². The van der Waals surface area contributed by atoms with Gasteiger partial charge >= 0.3 is 0 Å². The van der Waals surface area contributed by atoms with Gasteiger partial charge in [-0.2, -0.15) is 0 Å². The summed E-state index contributed by atoms with van der Waals surface area (Å²) >= 11 is 0. The minimum Gasteiger partial charge on any atom is -0.489 e. The number of aryl methyl sites for hydroxylation is 1. The molecule has 3 heteroatoms. The molecule has 1 fully saturated rings. The van der Waals surface area contributed by atoms with Crippen molar-refractivity contribution in [1.82, 2.24) is 5.32 Å². The van der Waals surface area contributed by atoms with Gasteiger partial charge in [0.2, 0.25) is 0 Å². The van der Waals surface area contributed by atoms with Crippen molar-refractivity contribution in [2.75, 3.05) is 6.54 Å². The molecule has 88 valence electrons. The van der Waals surface area contributed by atoms with E-state index < -0.39 is 0 Å². The summed E-state index contributed by atoms with van der Waals surface area (Å²) in [6, 6.07) is 5.32. The maximum absolute atomic E-state index is 13.0. The maximum Gasteiger partial charge on any atom is 0.126 e. The van der Waals surface area contributed by atoms with Crippen molar-refractivity contribution in [2.45, 2.75) is 38.8 Å². The molecule has 2 nitrogen and oxygen atoms in total. The molecule has 16 heavy (non-hydrogen) atoms. The highest BCUT2D eigenvalue weighted by atomic mass is 19.1. The first-order valence-corrected chi connectivity index (χ1v) is 5.81. The molecule has 0 saturated heterocycles. The molecule has 1 atom stereocenters. The molecule has 0 bridgehead atoms. The minimum atomic E-state index is -0.247. The van der Waals surface area contributed by atoms with Crippen molar-refractivity contribution >= 4 is 0 Å². The monoisotopic (exact) mass is 223 g/mol. The SMILES string of the molecule is Cc1ccc(F)cc1OC(C)CNC1CC1. The molecule has 0 amide bonds. The molecule has 1 aliphatic carbocycles. The van der Waals surface area contributed by atoms with E-state index in [2.05, 4.69) is 5.32 Å². The molecule has 1 aromatic carbocycles. The Balaban J connectivity index is 1.88. The Bertz CT molecular complexity index is 363. The number of ether oxygens (including phenoxy) is 1. The first-order valence-electron chi connectivity index (χ1n) is 5.81. The van der Waals surface area contributed by atoms with Gasteiger partial charge in [-0.05, 0) is 38.3 Å². The number of nitrogens with one attached hydrogen (secondary N) is 1. The minimum absolute atomic E-state index is 0.0705. The average molecular weight is 223 g/mol. The van der Waals surface area contributed by atoms with Crippen LogP contribution in [0.3, 0.4) is 0 Å². The van der Waals surface area contributed by atoms with E-state index in [-0.39, 0.29) is 11.9 Å². The van der Waals surface area contributed by atoms with Crippen LogP contribution in [0.4, 0.5) is 4.39 Å². The van der Waals surface area contributed by atoms with E-state index in [0.717, 1.165) is 12.1 Å². The van der Waals surface area contributed by atoms with Crippen molar-refractivity contribution in [1.29, 1.82) is 0 Å². The summed E-state index contributed by atoms with van der Waals surface area (Å²) in [6.45, 7) is 4.75. The number of halogens is 1. The molecule has 0 aliphatic heterocycles. The van der Waals surface area contributed by atoms with Crippen LogP contribution in [0.5, 0.6) is 5.75 Å². The van der Waals surface area contributed by atoms with Crippen LogP contribution >= 0.6 is 0 Å². The zero-order chi connectivity index (χ0) is 11.5. The van der Waals surface area contributed by atoms with Crippen molar-refractivity contribution in [3.8, 4) is 5.75 Å². The molecule has 0 heterocycles. The van der Waals surface area contributed by atoms with E-state index in [9.17, 15) is 4.39 Å². The van der Waals surface area contributed by atoms with Crippen LogP contribution < -0.4 is 10.1 Å². The first kappa shape index (κ1) is 11.4. The van der Waals surface area contributed by atoms with Gasteiger partial charge in [0.05, 0.1) is 0 Å². The van der Waals surface area contributed by atoms with Crippen molar-refractivity contribution in [3.63, 3.8) is 0 Å². The predicted molar refractivity (Wildman–Crippen MR) is 62.3 cm³/mol. The Morgan fingerprint density at radius 2 is 2.25 bits per heavy atom. The number of hydrogen-bond donors (Lipinski definition) is 1. The van der Waals surface area contributed by atoms with Crippen molar-refractivity contribution in [3.05, 3.63) is 29.6 Å². The summed E-state index contributed by atoms with van der Waals surface area (Å²) < 4.78 is 18.7. The van der Waals surface area contributed by atoms with E-state index in [0.29, 0.717) is 11.8 Å². The Morgan fingerprint density at radius 1 is 1.50 bits per heavy atom. The van der Waals surface area contributed by atoms with Crippen LogP contribution in [0.15, 0.2) is 18.2 Å².